The van der Waals surface area contributed by atoms with Crippen LogP contribution in [0.3, 0.4) is 0 Å². The Kier molecular flexibility index (Phi) is 4.85. The second kappa shape index (κ2) is 7.06. The zero-order valence-electron chi connectivity index (χ0n) is 13.5. The van der Waals surface area contributed by atoms with E-state index in [2.05, 4.69) is 26.3 Å². The molecule has 1 unspecified atom stereocenters. The van der Waals surface area contributed by atoms with Gasteiger partial charge in [-0.15, -0.1) is 0 Å². The Morgan fingerprint density at radius 1 is 1.12 bits per heavy atom. The molecule has 1 amide bonds. The van der Waals surface area contributed by atoms with Crippen molar-refractivity contribution in [3.63, 3.8) is 0 Å². The van der Waals surface area contributed by atoms with Crippen molar-refractivity contribution in [1.82, 2.24) is 15.1 Å². The van der Waals surface area contributed by atoms with Crippen molar-refractivity contribution >= 4 is 32.6 Å². The van der Waals surface area contributed by atoms with Gasteiger partial charge in [-0.2, -0.15) is 0 Å². The summed E-state index contributed by atoms with van der Waals surface area (Å²) in [5.41, 5.74) is 0.140. The number of nitrogens with zero attached hydrogens (tertiary/aromatic N) is 1. The molecule has 1 atom stereocenters. The molecule has 0 radical (unpaired) electrons. The highest BCUT2D eigenvalue weighted by atomic mass is 79.9. The molecule has 7 heteroatoms. The van der Waals surface area contributed by atoms with Crippen LogP contribution >= 0.6 is 15.9 Å². The smallest absolute Gasteiger partial charge is 0.273 e. The monoisotopic (exact) mass is 401 g/mol. The largest absolute Gasteiger partial charge is 0.348 e. The number of amides is 1. The highest BCUT2D eigenvalue weighted by molar-refractivity contribution is 9.10. The van der Waals surface area contributed by atoms with Gasteiger partial charge in [0.25, 0.3) is 11.1 Å². The van der Waals surface area contributed by atoms with Crippen LogP contribution in [0.25, 0.3) is 10.8 Å². The van der Waals surface area contributed by atoms with E-state index in [0.29, 0.717) is 10.8 Å². The Morgan fingerprint density at radius 3 is 2.44 bits per heavy atom. The second-order valence-corrected chi connectivity index (χ2v) is 6.63. The Hall–Kier alpha value is -2.67. The molecule has 25 heavy (non-hydrogen) atoms. The number of fused-ring (bicyclic) bond motifs is 1. The highest BCUT2D eigenvalue weighted by Gasteiger charge is 2.13. The van der Waals surface area contributed by atoms with Gasteiger partial charge < -0.3 is 5.32 Å². The number of nitrogens with one attached hydrogen (secondary N) is 2. The van der Waals surface area contributed by atoms with Crippen LogP contribution in [0, 0.1) is 0 Å². The lowest BCUT2D eigenvalue weighted by Crippen LogP contribution is -2.37. The minimum atomic E-state index is -0.401. The average molecular weight is 402 g/mol. The van der Waals surface area contributed by atoms with Gasteiger partial charge in [0.05, 0.1) is 16.8 Å². The molecule has 3 rings (SSSR count). The van der Waals surface area contributed by atoms with Crippen molar-refractivity contribution in [3.8, 4) is 0 Å². The summed E-state index contributed by atoms with van der Waals surface area (Å²) in [6, 6.07) is 13.9. The Bertz CT molecular complexity index is 1040. The van der Waals surface area contributed by atoms with Crippen LogP contribution in [-0.2, 0) is 11.3 Å². The summed E-state index contributed by atoms with van der Waals surface area (Å²) in [5.74, 6) is -0.358. The molecule has 6 nitrogen and oxygen atoms in total. The summed E-state index contributed by atoms with van der Waals surface area (Å²) < 4.78 is 1.99. The third-order valence-corrected chi connectivity index (χ3v) is 4.46. The number of rotatable bonds is 4. The molecule has 2 N–H and O–H groups in total. The van der Waals surface area contributed by atoms with E-state index < -0.39 is 11.1 Å². The fourth-order valence-corrected chi connectivity index (χ4v) is 2.89. The van der Waals surface area contributed by atoms with Crippen LogP contribution in [0.4, 0.5) is 0 Å². The standard InChI is InChI=1S/C18H16BrN3O3/c1-11(12-6-8-13(19)9-7-12)20-16(23)10-22-18(25)15-5-3-2-4-14(15)17(24)21-22/h2-9,11H,10H2,1H3,(H,20,23)(H,21,24). The Labute approximate surface area is 151 Å². The van der Waals surface area contributed by atoms with Gasteiger partial charge in [0.15, 0.2) is 0 Å². The van der Waals surface area contributed by atoms with Gasteiger partial charge in [-0.05, 0) is 36.8 Å². The van der Waals surface area contributed by atoms with E-state index in [-0.39, 0.29) is 18.5 Å². The number of carbonyl (C=O) groups is 1. The van der Waals surface area contributed by atoms with E-state index >= 15 is 0 Å². The first-order valence-corrected chi connectivity index (χ1v) is 8.51. The molecule has 2 aromatic carbocycles. The zero-order chi connectivity index (χ0) is 18.0. The summed E-state index contributed by atoms with van der Waals surface area (Å²) in [6.07, 6.45) is 0. The van der Waals surface area contributed by atoms with Gasteiger partial charge in [-0.1, -0.05) is 40.2 Å². The van der Waals surface area contributed by atoms with Crippen LogP contribution in [0.2, 0.25) is 0 Å². The van der Waals surface area contributed by atoms with E-state index in [1.54, 1.807) is 24.3 Å². The van der Waals surface area contributed by atoms with Crippen LogP contribution in [0.5, 0.6) is 0 Å². The van der Waals surface area contributed by atoms with Crippen molar-refractivity contribution in [2.24, 2.45) is 0 Å². The fourth-order valence-electron chi connectivity index (χ4n) is 2.62. The maximum absolute atomic E-state index is 12.4. The normalized spacial score (nSPS) is 12.1. The summed E-state index contributed by atoms with van der Waals surface area (Å²) in [4.78, 5) is 36.7. The quantitative estimate of drug-likeness (QED) is 0.703. The molecule has 128 valence electrons. The van der Waals surface area contributed by atoms with E-state index in [1.165, 1.54) is 0 Å². The van der Waals surface area contributed by atoms with E-state index in [9.17, 15) is 14.4 Å². The fraction of sp³-hybridized carbons (Fsp3) is 0.167. The third kappa shape index (κ3) is 3.71. The first kappa shape index (κ1) is 17.2. The Morgan fingerprint density at radius 2 is 1.76 bits per heavy atom. The predicted molar refractivity (Wildman–Crippen MR) is 99.5 cm³/mol. The number of H-pyrrole nitrogens is 1. The number of aromatic amines is 1. The summed E-state index contributed by atoms with van der Waals surface area (Å²) in [7, 11) is 0. The van der Waals surface area contributed by atoms with Crippen molar-refractivity contribution in [2.45, 2.75) is 19.5 Å². The molecule has 0 bridgehead atoms. The van der Waals surface area contributed by atoms with E-state index in [4.69, 9.17) is 0 Å². The number of halogens is 1. The van der Waals surface area contributed by atoms with Crippen molar-refractivity contribution in [1.29, 1.82) is 0 Å². The lowest BCUT2D eigenvalue weighted by molar-refractivity contribution is -0.122. The molecule has 3 aromatic rings. The summed E-state index contributed by atoms with van der Waals surface area (Å²) in [5, 5.41) is 5.88. The number of aromatic nitrogens is 2. The SMILES string of the molecule is CC(NC(=O)Cn1[nH]c(=O)c2ccccc2c1=O)c1ccc(Br)cc1. The molecule has 0 aliphatic carbocycles. The van der Waals surface area contributed by atoms with Gasteiger partial charge in [0.1, 0.15) is 6.54 Å². The maximum Gasteiger partial charge on any atom is 0.273 e. The van der Waals surface area contributed by atoms with Crippen molar-refractivity contribution < 1.29 is 4.79 Å². The van der Waals surface area contributed by atoms with Gasteiger partial charge in [0.2, 0.25) is 5.91 Å². The minimum Gasteiger partial charge on any atom is -0.348 e. The van der Waals surface area contributed by atoms with E-state index in [0.717, 1.165) is 14.7 Å². The first-order valence-electron chi connectivity index (χ1n) is 7.72. The predicted octanol–water partition coefficient (Wildman–Crippen LogP) is 2.33. The molecule has 0 fully saturated rings. The zero-order valence-corrected chi connectivity index (χ0v) is 15.0. The average Bonchev–Trinajstić information content (AvgIpc) is 2.60. The van der Waals surface area contributed by atoms with Crippen molar-refractivity contribution in [2.75, 3.05) is 0 Å². The molecule has 0 aliphatic heterocycles. The molecule has 1 aromatic heterocycles. The van der Waals surface area contributed by atoms with Gasteiger partial charge >= 0.3 is 0 Å². The lowest BCUT2D eigenvalue weighted by Gasteiger charge is -2.15. The molecule has 0 spiro atoms. The van der Waals surface area contributed by atoms with Gasteiger partial charge in [0, 0.05) is 4.47 Å². The summed E-state index contributed by atoms with van der Waals surface area (Å²) in [6.45, 7) is 1.60. The Balaban J connectivity index is 1.80. The second-order valence-electron chi connectivity index (χ2n) is 5.72. The number of carbonyl (C=O) groups excluding carboxylic acids is 1. The minimum absolute atomic E-state index is 0.219. The molecular formula is C18H16BrN3O3. The van der Waals surface area contributed by atoms with Gasteiger partial charge in [-0.3, -0.25) is 19.5 Å². The number of hydrogen-bond acceptors (Lipinski definition) is 3. The van der Waals surface area contributed by atoms with Crippen molar-refractivity contribution in [3.05, 3.63) is 79.3 Å². The highest BCUT2D eigenvalue weighted by Crippen LogP contribution is 2.16. The topological polar surface area (TPSA) is 84.0 Å². The molecule has 0 aliphatic rings. The maximum atomic E-state index is 12.4. The lowest BCUT2D eigenvalue weighted by atomic mass is 10.1. The molecular weight excluding hydrogens is 386 g/mol. The van der Waals surface area contributed by atoms with Crippen LogP contribution in [0.1, 0.15) is 18.5 Å². The van der Waals surface area contributed by atoms with Crippen LogP contribution < -0.4 is 16.4 Å². The van der Waals surface area contributed by atoms with Crippen LogP contribution in [0.15, 0.2) is 62.6 Å². The molecule has 0 saturated heterocycles. The van der Waals surface area contributed by atoms with Gasteiger partial charge in [-0.25, -0.2) is 4.68 Å². The van der Waals surface area contributed by atoms with Crippen LogP contribution in [-0.4, -0.2) is 15.7 Å². The first-order chi connectivity index (χ1) is 12.0. The molecule has 1 heterocycles. The number of benzene rings is 2. The number of hydrogen-bond donors (Lipinski definition) is 2. The molecule has 0 saturated carbocycles. The summed E-state index contributed by atoms with van der Waals surface area (Å²) >= 11 is 3.36. The van der Waals surface area contributed by atoms with E-state index in [1.807, 2.05) is 31.2 Å². The third-order valence-electron chi connectivity index (χ3n) is 3.93.